The van der Waals surface area contributed by atoms with E-state index < -0.39 is 11.7 Å². The Bertz CT molecular complexity index is 533. The molecule has 0 saturated carbocycles. The average molecular weight is 365 g/mol. The van der Waals surface area contributed by atoms with Crippen molar-refractivity contribution in [3.8, 4) is 0 Å². The average Bonchev–Trinajstić information content (AvgIpc) is 2.37. The number of carbonyl (C=O) groups excluding carboxylic acids is 1. The van der Waals surface area contributed by atoms with Crippen LogP contribution >= 0.6 is 15.9 Å². The largest absolute Gasteiger partial charge is 0.416 e. The summed E-state index contributed by atoms with van der Waals surface area (Å²) < 4.78 is 38.5. The van der Waals surface area contributed by atoms with Crippen molar-refractivity contribution < 1.29 is 18.0 Å². The molecule has 1 heterocycles. The van der Waals surface area contributed by atoms with Gasteiger partial charge in [-0.1, -0.05) is 22.9 Å². The third kappa shape index (κ3) is 4.44. The van der Waals surface area contributed by atoms with Crippen LogP contribution in [0.25, 0.3) is 0 Å². The van der Waals surface area contributed by atoms with E-state index in [1.54, 1.807) is 0 Å². The number of hydrogen-bond acceptors (Lipinski definition) is 2. The second kappa shape index (κ2) is 6.36. The molecule has 1 aromatic carbocycles. The van der Waals surface area contributed by atoms with Gasteiger partial charge in [-0.2, -0.15) is 13.2 Å². The first-order valence-corrected chi connectivity index (χ1v) is 7.47. The fraction of sp³-hybridized carbons (Fsp3) is 0.500. The predicted octanol–water partition coefficient (Wildman–Crippen LogP) is 3.79. The van der Waals surface area contributed by atoms with E-state index in [-0.39, 0.29) is 22.1 Å². The Balaban J connectivity index is 2.12. The molecule has 2 unspecified atom stereocenters. The molecule has 0 aliphatic carbocycles. The van der Waals surface area contributed by atoms with Crippen molar-refractivity contribution in [2.24, 2.45) is 5.92 Å². The molecule has 2 N–H and O–H groups in total. The Morgan fingerprint density at radius 2 is 2.10 bits per heavy atom. The van der Waals surface area contributed by atoms with Crippen LogP contribution in [0.4, 0.5) is 18.9 Å². The van der Waals surface area contributed by atoms with Crippen molar-refractivity contribution in [3.05, 3.63) is 28.2 Å². The molecule has 0 spiro atoms. The standard InChI is InChI=1S/C14H16BrF3N2O/c1-8-2-3-19-12(4-8)13(21)20-11-6-9(14(16,17)18)5-10(15)7-11/h5-8,12,19H,2-4H2,1H3,(H,20,21). The molecule has 116 valence electrons. The van der Waals surface area contributed by atoms with Gasteiger partial charge < -0.3 is 10.6 Å². The maximum Gasteiger partial charge on any atom is 0.416 e. The van der Waals surface area contributed by atoms with Crippen molar-refractivity contribution in [2.45, 2.75) is 32.0 Å². The van der Waals surface area contributed by atoms with Crippen LogP contribution < -0.4 is 10.6 Å². The van der Waals surface area contributed by atoms with E-state index in [1.807, 2.05) is 0 Å². The highest BCUT2D eigenvalue weighted by Crippen LogP contribution is 2.33. The normalized spacial score (nSPS) is 22.9. The second-order valence-electron chi connectivity index (χ2n) is 5.35. The smallest absolute Gasteiger partial charge is 0.325 e. The molecule has 1 amide bonds. The first-order chi connectivity index (χ1) is 9.75. The van der Waals surface area contributed by atoms with Gasteiger partial charge in [0.25, 0.3) is 0 Å². The van der Waals surface area contributed by atoms with Crippen molar-refractivity contribution in [3.63, 3.8) is 0 Å². The van der Waals surface area contributed by atoms with Crippen LogP contribution in [-0.2, 0) is 11.0 Å². The number of hydrogen-bond donors (Lipinski definition) is 2. The van der Waals surface area contributed by atoms with Gasteiger partial charge in [0.05, 0.1) is 11.6 Å². The molecule has 1 aliphatic heterocycles. The summed E-state index contributed by atoms with van der Waals surface area (Å²) in [6.07, 6.45) is -2.76. The molecule has 0 aromatic heterocycles. The van der Waals surface area contributed by atoms with E-state index in [2.05, 4.69) is 33.5 Å². The minimum absolute atomic E-state index is 0.140. The monoisotopic (exact) mass is 364 g/mol. The van der Waals surface area contributed by atoms with E-state index in [0.717, 1.165) is 25.1 Å². The van der Waals surface area contributed by atoms with Crippen LogP contribution in [0, 0.1) is 5.92 Å². The first kappa shape index (κ1) is 16.3. The van der Waals surface area contributed by atoms with Crippen molar-refractivity contribution in [2.75, 3.05) is 11.9 Å². The maximum absolute atomic E-state index is 12.7. The molecule has 3 nitrogen and oxygen atoms in total. The number of halogens is 4. The summed E-state index contributed by atoms with van der Waals surface area (Å²) >= 11 is 3.03. The van der Waals surface area contributed by atoms with Crippen molar-refractivity contribution >= 4 is 27.5 Å². The minimum atomic E-state index is -4.44. The quantitative estimate of drug-likeness (QED) is 0.837. The van der Waals surface area contributed by atoms with Gasteiger partial charge in [0.1, 0.15) is 0 Å². The van der Waals surface area contributed by atoms with E-state index in [9.17, 15) is 18.0 Å². The lowest BCUT2D eigenvalue weighted by Gasteiger charge is -2.27. The van der Waals surface area contributed by atoms with Crippen LogP contribution in [0.15, 0.2) is 22.7 Å². The number of rotatable bonds is 2. The van der Waals surface area contributed by atoms with Gasteiger partial charge in [-0.25, -0.2) is 0 Å². The molecule has 2 atom stereocenters. The molecule has 1 fully saturated rings. The lowest BCUT2D eigenvalue weighted by Crippen LogP contribution is -2.45. The molecular weight excluding hydrogens is 349 g/mol. The van der Waals surface area contributed by atoms with Crippen molar-refractivity contribution in [1.29, 1.82) is 0 Å². The lowest BCUT2D eigenvalue weighted by atomic mass is 9.94. The Morgan fingerprint density at radius 1 is 1.38 bits per heavy atom. The number of anilines is 1. The summed E-state index contributed by atoms with van der Waals surface area (Å²) in [6, 6.07) is 3.02. The van der Waals surface area contributed by atoms with Gasteiger partial charge in [0.2, 0.25) is 5.91 Å². The van der Waals surface area contributed by atoms with E-state index in [4.69, 9.17) is 0 Å². The number of carbonyl (C=O) groups is 1. The Kier molecular flexibility index (Phi) is 4.93. The van der Waals surface area contributed by atoms with Gasteiger partial charge in [0.15, 0.2) is 0 Å². The van der Waals surface area contributed by atoms with Gasteiger partial charge in [0, 0.05) is 10.2 Å². The summed E-state index contributed by atoms with van der Waals surface area (Å²) in [4.78, 5) is 12.1. The zero-order valence-electron chi connectivity index (χ0n) is 11.4. The third-order valence-electron chi connectivity index (χ3n) is 3.48. The van der Waals surface area contributed by atoms with Crippen molar-refractivity contribution in [1.82, 2.24) is 5.32 Å². The van der Waals surface area contributed by atoms with Gasteiger partial charge in [-0.05, 0) is 43.5 Å². The molecule has 21 heavy (non-hydrogen) atoms. The fourth-order valence-corrected chi connectivity index (χ4v) is 2.86. The SMILES string of the molecule is CC1CCNC(C(=O)Nc2cc(Br)cc(C(F)(F)F)c2)C1. The molecule has 1 saturated heterocycles. The van der Waals surface area contributed by atoms with Gasteiger partial charge in [-0.3, -0.25) is 4.79 Å². The number of piperidine rings is 1. The summed E-state index contributed by atoms with van der Waals surface area (Å²) in [5.74, 6) is 0.128. The summed E-state index contributed by atoms with van der Waals surface area (Å²) in [5, 5.41) is 5.64. The number of amides is 1. The minimum Gasteiger partial charge on any atom is -0.325 e. The Labute approximate surface area is 129 Å². The third-order valence-corrected chi connectivity index (χ3v) is 3.93. The van der Waals surface area contributed by atoms with E-state index in [0.29, 0.717) is 12.3 Å². The second-order valence-corrected chi connectivity index (χ2v) is 6.27. The summed E-state index contributed by atoms with van der Waals surface area (Å²) in [6.45, 7) is 2.80. The number of benzene rings is 1. The molecule has 1 aliphatic rings. The molecule has 0 bridgehead atoms. The molecule has 1 aromatic rings. The molecular formula is C14H16BrF3N2O. The van der Waals surface area contributed by atoms with Crippen LogP contribution in [0.1, 0.15) is 25.3 Å². The topological polar surface area (TPSA) is 41.1 Å². The van der Waals surface area contributed by atoms with Crippen LogP contribution in [0.2, 0.25) is 0 Å². The Hall–Kier alpha value is -1.08. The fourth-order valence-electron chi connectivity index (χ4n) is 2.36. The highest BCUT2D eigenvalue weighted by atomic mass is 79.9. The van der Waals surface area contributed by atoms with Gasteiger partial charge >= 0.3 is 6.18 Å². The molecule has 2 rings (SSSR count). The van der Waals surface area contributed by atoms with Gasteiger partial charge in [-0.15, -0.1) is 0 Å². The predicted molar refractivity (Wildman–Crippen MR) is 78.0 cm³/mol. The Morgan fingerprint density at radius 3 is 2.71 bits per heavy atom. The zero-order chi connectivity index (χ0) is 15.6. The lowest BCUT2D eigenvalue weighted by molar-refractivity contribution is -0.137. The highest BCUT2D eigenvalue weighted by Gasteiger charge is 2.31. The van der Waals surface area contributed by atoms with Crippen LogP contribution in [0.5, 0.6) is 0 Å². The highest BCUT2D eigenvalue weighted by molar-refractivity contribution is 9.10. The van der Waals surface area contributed by atoms with Crippen LogP contribution in [-0.4, -0.2) is 18.5 Å². The molecule has 0 radical (unpaired) electrons. The van der Waals surface area contributed by atoms with E-state index in [1.165, 1.54) is 6.07 Å². The summed E-state index contributed by atoms with van der Waals surface area (Å²) in [7, 11) is 0. The van der Waals surface area contributed by atoms with Crippen LogP contribution in [0.3, 0.4) is 0 Å². The van der Waals surface area contributed by atoms with E-state index >= 15 is 0 Å². The maximum atomic E-state index is 12.7. The number of alkyl halides is 3. The zero-order valence-corrected chi connectivity index (χ0v) is 13.0. The summed E-state index contributed by atoms with van der Waals surface area (Å²) in [5.41, 5.74) is -0.654. The number of nitrogens with one attached hydrogen (secondary N) is 2. The first-order valence-electron chi connectivity index (χ1n) is 6.68. The molecule has 7 heteroatoms.